The number of fused-ring (bicyclic) bond motifs is 1. The van der Waals surface area contributed by atoms with Crippen LogP contribution in [0.4, 0.5) is 0 Å². The number of primary amides is 2. The Morgan fingerprint density at radius 1 is 0.686 bits per heavy atom. The van der Waals surface area contributed by atoms with Gasteiger partial charge in [0.25, 0.3) is 0 Å². The Morgan fingerprint density at radius 2 is 1.31 bits per heavy atom. The van der Waals surface area contributed by atoms with E-state index in [2.05, 4.69) is 52.2 Å². The molecule has 0 radical (unpaired) electrons. The summed E-state index contributed by atoms with van der Waals surface area (Å²) < 4.78 is 0. The summed E-state index contributed by atoms with van der Waals surface area (Å²) in [5.41, 5.74) is 18.1. The van der Waals surface area contributed by atoms with Crippen LogP contribution in [-0.4, -0.2) is 116 Å². The van der Waals surface area contributed by atoms with Crippen LogP contribution in [0.15, 0.2) is 73.3 Å². The van der Waals surface area contributed by atoms with E-state index in [0.717, 1.165) is 16.5 Å². The Labute approximate surface area is 406 Å². The summed E-state index contributed by atoms with van der Waals surface area (Å²) in [6.45, 7) is 9.20. The molecule has 22 nitrogen and oxygen atoms in total. The SMILES string of the molecule is CC(C)C[C@H](NC(=O)[C@H](Cc1cnc[nH]1)NC(=O)CNC(=O)[C@@H](NC(=O)C(C)(C)NC(=O)[C@H](Cc1c[nH]c2ccccc12)NC(=O)[C@H](CCC(N)=O)NC(=O)[C@H](N)Cc1ccccc1)C(C)C)C(N)=O. The zero-order chi connectivity index (χ0) is 51.7. The lowest BCUT2D eigenvalue weighted by molar-refractivity contribution is -0.137. The zero-order valence-corrected chi connectivity index (χ0v) is 40.4. The fourth-order valence-electron chi connectivity index (χ4n) is 7.44. The van der Waals surface area contributed by atoms with Crippen molar-refractivity contribution in [1.29, 1.82) is 0 Å². The largest absolute Gasteiger partial charge is 0.370 e. The molecule has 70 heavy (non-hydrogen) atoms. The smallest absolute Gasteiger partial charge is 0.245 e. The lowest BCUT2D eigenvalue weighted by Crippen LogP contribution is -2.63. The molecule has 15 N–H and O–H groups in total. The molecule has 0 saturated carbocycles. The number of H-pyrrole nitrogens is 2. The first-order valence-corrected chi connectivity index (χ1v) is 23.0. The Hall–Kier alpha value is -7.62. The lowest BCUT2D eigenvalue weighted by Gasteiger charge is -2.31. The van der Waals surface area contributed by atoms with Gasteiger partial charge in [-0.15, -0.1) is 0 Å². The van der Waals surface area contributed by atoms with Crippen LogP contribution < -0.4 is 54.4 Å². The van der Waals surface area contributed by atoms with Crippen molar-refractivity contribution in [1.82, 2.24) is 52.2 Å². The van der Waals surface area contributed by atoms with Crippen molar-refractivity contribution in [3.63, 3.8) is 0 Å². The minimum atomic E-state index is -1.72. The van der Waals surface area contributed by atoms with Gasteiger partial charge in [-0.25, -0.2) is 4.98 Å². The van der Waals surface area contributed by atoms with Crippen molar-refractivity contribution in [2.45, 2.75) is 122 Å². The van der Waals surface area contributed by atoms with Gasteiger partial charge in [0.05, 0.1) is 18.9 Å². The highest BCUT2D eigenvalue weighted by molar-refractivity contribution is 5.99. The molecule has 2 aromatic heterocycles. The summed E-state index contributed by atoms with van der Waals surface area (Å²) in [5, 5.41) is 19.1. The molecule has 0 aliphatic carbocycles. The van der Waals surface area contributed by atoms with E-state index in [-0.39, 0.29) is 44.4 Å². The predicted molar refractivity (Wildman–Crippen MR) is 259 cm³/mol. The summed E-state index contributed by atoms with van der Waals surface area (Å²) in [7, 11) is 0. The lowest BCUT2D eigenvalue weighted by atomic mass is 9.97. The second kappa shape index (κ2) is 25.7. The van der Waals surface area contributed by atoms with E-state index in [1.165, 1.54) is 26.4 Å². The third kappa shape index (κ3) is 16.9. The van der Waals surface area contributed by atoms with Crippen molar-refractivity contribution in [2.75, 3.05) is 6.54 Å². The van der Waals surface area contributed by atoms with Crippen molar-refractivity contribution < 1.29 is 43.2 Å². The Bertz CT molecular complexity index is 2450. The standard InChI is InChI=1S/C48H67N13O9/c1-26(2)18-35(41(51)64)58-44(67)37(21-30-23-52-25-55-30)56-39(63)24-54-46(69)40(27(3)4)60-47(70)48(5,6)61-45(68)36(20-29-22-53-33-15-11-10-14-31(29)33)59-43(66)34(16-17-38(50)62)57-42(65)32(49)19-28-12-8-7-9-13-28/h7-15,22-23,25-27,32,34-37,40,53H,16-21,24,49H2,1-6H3,(H2,50,62)(H2,51,64)(H,52,55)(H,54,69)(H,56,63)(H,57,65)(H,58,67)(H,59,66)(H,60,70)(H,61,68)/t32-,34+,35+,36+,37+,40+/m1/s1. The van der Waals surface area contributed by atoms with E-state index in [9.17, 15) is 43.2 Å². The normalized spacial score (nSPS) is 14.0. The average Bonchev–Trinajstić information content (AvgIpc) is 3.97. The number of carbonyl (C=O) groups is 9. The molecule has 0 fully saturated rings. The number of hydrogen-bond acceptors (Lipinski definition) is 11. The summed E-state index contributed by atoms with van der Waals surface area (Å²) in [6, 6.07) is 9.10. The Balaban J connectivity index is 1.47. The van der Waals surface area contributed by atoms with Crippen LogP contribution in [0.1, 0.15) is 77.6 Å². The number of rotatable bonds is 27. The van der Waals surface area contributed by atoms with Gasteiger partial charge in [0, 0.05) is 48.3 Å². The van der Waals surface area contributed by atoms with Crippen LogP contribution in [-0.2, 0) is 62.4 Å². The first-order valence-electron chi connectivity index (χ1n) is 23.0. The van der Waals surface area contributed by atoms with Crippen LogP contribution >= 0.6 is 0 Å². The predicted octanol–water partition coefficient (Wildman–Crippen LogP) is -0.866. The minimum Gasteiger partial charge on any atom is -0.370 e. The number of hydrogen-bond donors (Lipinski definition) is 12. The number of para-hydroxylation sites is 1. The van der Waals surface area contributed by atoms with E-state index in [0.29, 0.717) is 11.3 Å². The fraction of sp³-hybridized carbons (Fsp3) is 0.458. The number of aromatic amines is 2. The second-order valence-electron chi connectivity index (χ2n) is 18.5. The van der Waals surface area contributed by atoms with E-state index < -0.39 is 107 Å². The highest BCUT2D eigenvalue weighted by atomic mass is 16.2. The number of nitrogens with one attached hydrogen (secondary N) is 9. The van der Waals surface area contributed by atoms with Gasteiger partial charge >= 0.3 is 0 Å². The zero-order valence-electron chi connectivity index (χ0n) is 40.4. The quantitative estimate of drug-likeness (QED) is 0.0349. The number of nitrogens with two attached hydrogens (primary N) is 3. The van der Waals surface area contributed by atoms with Gasteiger partial charge in [0.2, 0.25) is 53.2 Å². The first-order chi connectivity index (χ1) is 33.0. The van der Waals surface area contributed by atoms with E-state index in [1.807, 2.05) is 38.1 Å². The van der Waals surface area contributed by atoms with Gasteiger partial charge < -0.3 is 64.4 Å². The summed E-state index contributed by atoms with van der Waals surface area (Å²) in [5.74, 6) is -7.29. The Kier molecular flexibility index (Phi) is 20.2. The van der Waals surface area contributed by atoms with Crippen molar-refractivity contribution in [3.05, 3.63) is 90.1 Å². The summed E-state index contributed by atoms with van der Waals surface area (Å²) in [4.78, 5) is 130. The number of benzene rings is 2. The maximum Gasteiger partial charge on any atom is 0.245 e. The molecular formula is C48H67N13O9. The molecule has 2 aromatic carbocycles. The number of carbonyl (C=O) groups excluding carboxylic acids is 9. The van der Waals surface area contributed by atoms with Gasteiger partial charge in [-0.1, -0.05) is 76.2 Å². The van der Waals surface area contributed by atoms with Gasteiger partial charge in [0.15, 0.2) is 0 Å². The van der Waals surface area contributed by atoms with E-state index in [4.69, 9.17) is 17.2 Å². The molecule has 0 aliphatic rings. The molecule has 0 saturated heterocycles. The van der Waals surface area contributed by atoms with Gasteiger partial charge in [0.1, 0.15) is 35.7 Å². The van der Waals surface area contributed by atoms with E-state index in [1.54, 1.807) is 50.4 Å². The minimum absolute atomic E-state index is 0.0171. The summed E-state index contributed by atoms with van der Waals surface area (Å²) >= 11 is 0. The van der Waals surface area contributed by atoms with Gasteiger partial charge in [-0.2, -0.15) is 0 Å². The number of amides is 9. The molecule has 6 atom stereocenters. The molecule has 22 heteroatoms. The van der Waals surface area contributed by atoms with Crippen molar-refractivity contribution >= 4 is 64.1 Å². The molecule has 4 rings (SSSR count). The number of imidazole rings is 1. The molecular weight excluding hydrogens is 903 g/mol. The first kappa shape index (κ1) is 55.0. The summed E-state index contributed by atoms with van der Waals surface area (Å²) in [6.07, 6.45) is 4.34. The molecule has 0 bridgehead atoms. The maximum atomic E-state index is 14.3. The monoisotopic (exact) mass is 970 g/mol. The highest BCUT2D eigenvalue weighted by Crippen LogP contribution is 2.20. The molecule has 2 heterocycles. The van der Waals surface area contributed by atoms with E-state index >= 15 is 0 Å². The van der Waals surface area contributed by atoms with Crippen LogP contribution in [0.25, 0.3) is 10.9 Å². The van der Waals surface area contributed by atoms with Crippen LogP contribution in [0, 0.1) is 11.8 Å². The molecule has 378 valence electrons. The Morgan fingerprint density at radius 3 is 1.94 bits per heavy atom. The second-order valence-corrected chi connectivity index (χ2v) is 18.5. The van der Waals surface area contributed by atoms with Gasteiger partial charge in [-0.05, 0) is 62.1 Å². The molecule has 0 aliphatic heterocycles. The maximum absolute atomic E-state index is 14.3. The fourth-order valence-corrected chi connectivity index (χ4v) is 7.44. The molecule has 0 unspecified atom stereocenters. The topological polar surface area (TPSA) is 360 Å². The van der Waals surface area contributed by atoms with Crippen LogP contribution in [0.2, 0.25) is 0 Å². The molecule has 9 amide bonds. The number of aromatic nitrogens is 3. The highest BCUT2D eigenvalue weighted by Gasteiger charge is 2.37. The third-order valence-electron chi connectivity index (χ3n) is 11.3. The van der Waals surface area contributed by atoms with Crippen molar-refractivity contribution in [2.24, 2.45) is 29.0 Å². The number of nitrogens with zero attached hydrogens (tertiary/aromatic N) is 1. The average molecular weight is 970 g/mol. The van der Waals surface area contributed by atoms with Crippen molar-refractivity contribution in [3.8, 4) is 0 Å². The molecule has 0 spiro atoms. The van der Waals surface area contributed by atoms with Crippen LogP contribution in [0.3, 0.4) is 0 Å². The third-order valence-corrected chi connectivity index (χ3v) is 11.3. The molecule has 4 aromatic rings. The van der Waals surface area contributed by atoms with Gasteiger partial charge in [-0.3, -0.25) is 43.2 Å². The van der Waals surface area contributed by atoms with Crippen LogP contribution in [0.5, 0.6) is 0 Å².